The van der Waals surface area contributed by atoms with Gasteiger partial charge in [0.05, 0.1) is 4.90 Å². The van der Waals surface area contributed by atoms with Crippen molar-refractivity contribution in [2.24, 2.45) is 5.73 Å². The lowest BCUT2D eigenvalue weighted by Crippen LogP contribution is -2.32. The monoisotopic (exact) mass is 248 g/mol. The Hall–Kier alpha value is -0.430. The summed E-state index contributed by atoms with van der Waals surface area (Å²) in [5, 5.41) is 1.64. The molecule has 1 aromatic heterocycles. The molecule has 1 rings (SSSR count). The SMILES string of the molecule is CC(C)N(C)S(=O)(=O)c1csc(CN)c1. The van der Waals surface area contributed by atoms with Crippen molar-refractivity contribution in [3.63, 3.8) is 0 Å². The van der Waals surface area contributed by atoms with Gasteiger partial charge in [0, 0.05) is 29.9 Å². The molecule has 0 radical (unpaired) electrons. The standard InChI is InChI=1S/C9H16N2O2S2/c1-7(2)11(3)15(12,13)9-4-8(5-10)14-6-9/h4,6-7H,5,10H2,1-3H3. The van der Waals surface area contributed by atoms with E-state index in [4.69, 9.17) is 5.73 Å². The molecule has 0 aromatic carbocycles. The van der Waals surface area contributed by atoms with E-state index < -0.39 is 10.0 Å². The van der Waals surface area contributed by atoms with Gasteiger partial charge < -0.3 is 5.73 Å². The summed E-state index contributed by atoms with van der Waals surface area (Å²) in [5.41, 5.74) is 5.44. The minimum Gasteiger partial charge on any atom is -0.326 e. The van der Waals surface area contributed by atoms with E-state index in [0.29, 0.717) is 11.4 Å². The van der Waals surface area contributed by atoms with E-state index in [0.717, 1.165) is 4.88 Å². The molecular weight excluding hydrogens is 232 g/mol. The van der Waals surface area contributed by atoms with Gasteiger partial charge in [-0.05, 0) is 19.9 Å². The van der Waals surface area contributed by atoms with Crippen molar-refractivity contribution in [3.8, 4) is 0 Å². The number of nitrogens with two attached hydrogens (primary N) is 1. The topological polar surface area (TPSA) is 63.4 Å². The molecule has 86 valence electrons. The molecule has 0 spiro atoms. The van der Waals surface area contributed by atoms with Crippen LogP contribution in [0.3, 0.4) is 0 Å². The van der Waals surface area contributed by atoms with Gasteiger partial charge in [-0.25, -0.2) is 8.42 Å². The summed E-state index contributed by atoms with van der Waals surface area (Å²) in [7, 11) is -1.76. The van der Waals surface area contributed by atoms with Gasteiger partial charge in [0.1, 0.15) is 0 Å². The molecule has 2 N–H and O–H groups in total. The van der Waals surface area contributed by atoms with Crippen LogP contribution >= 0.6 is 11.3 Å². The summed E-state index contributed by atoms with van der Waals surface area (Å²) in [6.45, 7) is 4.06. The average Bonchev–Trinajstić information content (AvgIpc) is 2.65. The molecule has 0 saturated carbocycles. The summed E-state index contributed by atoms with van der Waals surface area (Å²) in [6, 6.07) is 1.59. The Labute approximate surface area is 94.8 Å². The first kappa shape index (κ1) is 12.6. The van der Waals surface area contributed by atoms with Crippen LogP contribution in [0.15, 0.2) is 16.3 Å². The van der Waals surface area contributed by atoms with Gasteiger partial charge in [0.2, 0.25) is 10.0 Å². The van der Waals surface area contributed by atoms with E-state index in [2.05, 4.69) is 0 Å². The quantitative estimate of drug-likeness (QED) is 0.872. The maximum absolute atomic E-state index is 12.0. The lowest BCUT2D eigenvalue weighted by atomic mass is 10.4. The van der Waals surface area contributed by atoms with Crippen molar-refractivity contribution in [3.05, 3.63) is 16.3 Å². The molecule has 0 aliphatic rings. The van der Waals surface area contributed by atoms with Crippen LogP contribution < -0.4 is 5.73 Å². The zero-order valence-electron chi connectivity index (χ0n) is 9.10. The Morgan fingerprint density at radius 1 is 1.53 bits per heavy atom. The first-order valence-corrected chi connectivity index (χ1v) is 6.97. The van der Waals surface area contributed by atoms with Gasteiger partial charge in [0.15, 0.2) is 0 Å². The van der Waals surface area contributed by atoms with E-state index in [-0.39, 0.29) is 6.04 Å². The van der Waals surface area contributed by atoms with Gasteiger partial charge in [-0.1, -0.05) is 0 Å². The summed E-state index contributed by atoms with van der Waals surface area (Å²) < 4.78 is 25.3. The fourth-order valence-corrected chi connectivity index (χ4v) is 3.56. The van der Waals surface area contributed by atoms with Crippen molar-refractivity contribution >= 4 is 21.4 Å². The fraction of sp³-hybridized carbons (Fsp3) is 0.556. The van der Waals surface area contributed by atoms with Crippen molar-refractivity contribution in [1.82, 2.24) is 4.31 Å². The number of rotatable bonds is 4. The first-order chi connectivity index (χ1) is 6.89. The maximum atomic E-state index is 12.0. The number of nitrogens with zero attached hydrogens (tertiary/aromatic N) is 1. The predicted molar refractivity (Wildman–Crippen MR) is 62.3 cm³/mol. The molecule has 0 fully saturated rings. The lowest BCUT2D eigenvalue weighted by molar-refractivity contribution is 0.411. The molecule has 15 heavy (non-hydrogen) atoms. The number of hydrogen-bond acceptors (Lipinski definition) is 4. The maximum Gasteiger partial charge on any atom is 0.243 e. The van der Waals surface area contributed by atoms with Gasteiger partial charge in [-0.2, -0.15) is 4.31 Å². The molecule has 4 nitrogen and oxygen atoms in total. The molecule has 0 saturated heterocycles. The zero-order chi connectivity index (χ0) is 11.6. The second-order valence-electron chi connectivity index (χ2n) is 3.57. The van der Waals surface area contributed by atoms with Crippen molar-refractivity contribution in [1.29, 1.82) is 0 Å². The third-order valence-electron chi connectivity index (χ3n) is 2.24. The highest BCUT2D eigenvalue weighted by Gasteiger charge is 2.23. The van der Waals surface area contributed by atoms with E-state index in [1.807, 2.05) is 13.8 Å². The molecule has 1 aromatic rings. The Kier molecular flexibility index (Phi) is 3.88. The van der Waals surface area contributed by atoms with Crippen LogP contribution in [0.2, 0.25) is 0 Å². The van der Waals surface area contributed by atoms with Crippen molar-refractivity contribution in [2.75, 3.05) is 7.05 Å². The Balaban J connectivity index is 3.06. The van der Waals surface area contributed by atoms with E-state index >= 15 is 0 Å². The van der Waals surface area contributed by atoms with Crippen LogP contribution in [0.25, 0.3) is 0 Å². The molecule has 0 unspecified atom stereocenters. The number of thiophene rings is 1. The average molecular weight is 248 g/mol. The summed E-state index contributed by atoms with van der Waals surface area (Å²) >= 11 is 1.37. The first-order valence-electron chi connectivity index (χ1n) is 4.65. The molecule has 0 aliphatic carbocycles. The summed E-state index contributed by atoms with van der Waals surface area (Å²) in [6.07, 6.45) is 0. The molecule has 0 aliphatic heterocycles. The van der Waals surface area contributed by atoms with Crippen LogP contribution in [-0.4, -0.2) is 25.8 Å². The second kappa shape index (κ2) is 4.61. The zero-order valence-corrected chi connectivity index (χ0v) is 10.7. The van der Waals surface area contributed by atoms with Crippen LogP contribution in [0, 0.1) is 0 Å². The van der Waals surface area contributed by atoms with Crippen LogP contribution in [-0.2, 0) is 16.6 Å². The Bertz CT molecular complexity index is 423. The Morgan fingerprint density at radius 2 is 2.13 bits per heavy atom. The van der Waals surface area contributed by atoms with Crippen LogP contribution in [0.4, 0.5) is 0 Å². The molecule has 0 atom stereocenters. The summed E-state index contributed by atoms with van der Waals surface area (Å²) in [4.78, 5) is 1.22. The molecule has 6 heteroatoms. The van der Waals surface area contributed by atoms with Crippen LogP contribution in [0.5, 0.6) is 0 Å². The van der Waals surface area contributed by atoms with E-state index in [1.165, 1.54) is 15.6 Å². The Morgan fingerprint density at radius 3 is 2.53 bits per heavy atom. The second-order valence-corrected chi connectivity index (χ2v) is 6.56. The van der Waals surface area contributed by atoms with E-state index in [9.17, 15) is 8.42 Å². The summed E-state index contributed by atoms with van der Waals surface area (Å²) in [5.74, 6) is 0. The minimum absolute atomic E-state index is 0.0452. The normalized spacial score (nSPS) is 12.7. The highest BCUT2D eigenvalue weighted by Crippen LogP contribution is 2.22. The van der Waals surface area contributed by atoms with Gasteiger partial charge in [0.25, 0.3) is 0 Å². The molecular formula is C9H16N2O2S2. The molecule has 0 amide bonds. The van der Waals surface area contributed by atoms with Gasteiger partial charge in [-0.15, -0.1) is 11.3 Å². The molecule has 1 heterocycles. The lowest BCUT2D eigenvalue weighted by Gasteiger charge is -2.19. The number of sulfonamides is 1. The van der Waals surface area contributed by atoms with E-state index in [1.54, 1.807) is 18.5 Å². The third-order valence-corrected chi connectivity index (χ3v) is 5.35. The minimum atomic E-state index is -3.34. The fourth-order valence-electron chi connectivity index (χ4n) is 1.05. The highest BCUT2D eigenvalue weighted by atomic mass is 32.2. The van der Waals surface area contributed by atoms with Crippen LogP contribution in [0.1, 0.15) is 18.7 Å². The number of hydrogen-bond donors (Lipinski definition) is 1. The van der Waals surface area contributed by atoms with Gasteiger partial charge in [-0.3, -0.25) is 0 Å². The highest BCUT2D eigenvalue weighted by molar-refractivity contribution is 7.89. The van der Waals surface area contributed by atoms with Crippen molar-refractivity contribution < 1.29 is 8.42 Å². The predicted octanol–water partition coefficient (Wildman–Crippen LogP) is 1.24. The smallest absolute Gasteiger partial charge is 0.243 e. The molecule has 0 bridgehead atoms. The largest absolute Gasteiger partial charge is 0.326 e. The van der Waals surface area contributed by atoms with Gasteiger partial charge >= 0.3 is 0 Å². The third kappa shape index (κ3) is 2.57. The van der Waals surface area contributed by atoms with Crippen molar-refractivity contribution in [2.45, 2.75) is 31.3 Å².